The van der Waals surface area contributed by atoms with Gasteiger partial charge in [0.25, 0.3) is 5.56 Å². The number of hydrogen-bond donors (Lipinski definition) is 1. The largest absolute Gasteiger partial charge is 0.488 e. The van der Waals surface area contributed by atoms with Crippen LogP contribution >= 0.6 is 11.3 Å². The molecule has 0 saturated heterocycles. The van der Waals surface area contributed by atoms with E-state index < -0.39 is 11.7 Å². The SMILES string of the molecule is CC(=NC1CC1)c1cc(-n2ccc(OCc3cc(C(F)(F)F)cs3)cc2=O)ccc1N. The number of nitrogen functional groups attached to an aromatic ring is 1. The van der Waals surface area contributed by atoms with Gasteiger partial charge < -0.3 is 10.5 Å². The molecule has 0 bridgehead atoms. The molecule has 162 valence electrons. The molecule has 1 aliphatic rings. The molecule has 4 rings (SSSR count). The fraction of sp³-hybridized carbons (Fsp3) is 0.273. The van der Waals surface area contributed by atoms with Gasteiger partial charge in [0.15, 0.2) is 0 Å². The molecule has 2 aromatic heterocycles. The molecule has 9 heteroatoms. The Morgan fingerprint density at radius 2 is 2.03 bits per heavy atom. The summed E-state index contributed by atoms with van der Waals surface area (Å²) >= 11 is 0.963. The van der Waals surface area contributed by atoms with Crippen molar-refractivity contribution in [3.8, 4) is 11.4 Å². The lowest BCUT2D eigenvalue weighted by Crippen LogP contribution is -2.17. The molecule has 0 radical (unpaired) electrons. The number of alkyl halides is 3. The minimum Gasteiger partial charge on any atom is -0.488 e. The smallest absolute Gasteiger partial charge is 0.417 e. The molecule has 0 unspecified atom stereocenters. The van der Waals surface area contributed by atoms with Crippen LogP contribution in [0.15, 0.2) is 57.8 Å². The van der Waals surface area contributed by atoms with Crippen molar-refractivity contribution < 1.29 is 17.9 Å². The second-order valence-electron chi connectivity index (χ2n) is 7.38. The van der Waals surface area contributed by atoms with Gasteiger partial charge in [0, 0.05) is 45.2 Å². The van der Waals surface area contributed by atoms with E-state index in [1.54, 1.807) is 24.4 Å². The standard InChI is InChI=1S/C22H20F3N3O2S/c1-13(27-15-2-3-15)19-9-16(4-5-20(19)26)28-7-6-17(10-21(28)29)30-11-18-8-14(12-31-18)22(23,24)25/h4-10,12,15H,2-3,11,26H2,1H3. The van der Waals surface area contributed by atoms with Crippen molar-refractivity contribution >= 4 is 22.7 Å². The van der Waals surface area contributed by atoms with Crippen LogP contribution in [0.3, 0.4) is 0 Å². The number of nitrogens with zero attached hydrogens (tertiary/aromatic N) is 2. The Morgan fingerprint density at radius 1 is 1.26 bits per heavy atom. The van der Waals surface area contributed by atoms with Crippen LogP contribution in [0, 0.1) is 0 Å². The Hall–Kier alpha value is -3.07. The lowest BCUT2D eigenvalue weighted by molar-refractivity contribution is -0.137. The zero-order valence-electron chi connectivity index (χ0n) is 16.6. The Bertz CT molecular complexity index is 1190. The number of thiophene rings is 1. The van der Waals surface area contributed by atoms with Gasteiger partial charge in [-0.25, -0.2) is 0 Å². The first-order valence-corrected chi connectivity index (χ1v) is 10.5. The number of aromatic nitrogens is 1. The minimum absolute atomic E-state index is 0.0486. The number of benzene rings is 1. The number of rotatable bonds is 6. The Morgan fingerprint density at radius 3 is 2.68 bits per heavy atom. The molecular weight excluding hydrogens is 427 g/mol. The van der Waals surface area contributed by atoms with Crippen LogP contribution in [0.1, 0.15) is 35.8 Å². The summed E-state index contributed by atoms with van der Waals surface area (Å²) in [6.07, 6.45) is -0.646. The van der Waals surface area contributed by atoms with Crippen molar-refractivity contribution in [3.05, 3.63) is 74.3 Å². The summed E-state index contributed by atoms with van der Waals surface area (Å²) < 4.78 is 45.1. The highest BCUT2D eigenvalue weighted by Crippen LogP contribution is 2.33. The average Bonchev–Trinajstić information content (AvgIpc) is 3.38. The average molecular weight is 447 g/mol. The van der Waals surface area contributed by atoms with Crippen LogP contribution < -0.4 is 16.0 Å². The van der Waals surface area contributed by atoms with Crippen molar-refractivity contribution in [2.75, 3.05) is 5.73 Å². The maximum atomic E-state index is 12.7. The van der Waals surface area contributed by atoms with Gasteiger partial charge in [-0.15, -0.1) is 11.3 Å². The number of pyridine rings is 1. The van der Waals surface area contributed by atoms with Crippen molar-refractivity contribution in [3.63, 3.8) is 0 Å². The minimum atomic E-state index is -4.38. The van der Waals surface area contributed by atoms with Crippen molar-refractivity contribution in [1.29, 1.82) is 0 Å². The van der Waals surface area contributed by atoms with E-state index >= 15 is 0 Å². The fourth-order valence-corrected chi connectivity index (χ4v) is 3.88. The zero-order chi connectivity index (χ0) is 22.2. The van der Waals surface area contributed by atoms with Gasteiger partial charge in [0.05, 0.1) is 11.6 Å². The Kier molecular flexibility index (Phi) is 5.62. The highest BCUT2D eigenvalue weighted by Gasteiger charge is 2.31. The third-order valence-corrected chi connectivity index (χ3v) is 5.79. The number of hydrogen-bond acceptors (Lipinski definition) is 5. The molecule has 0 spiro atoms. The van der Waals surface area contributed by atoms with Gasteiger partial charge in [0.2, 0.25) is 0 Å². The lowest BCUT2D eigenvalue weighted by atomic mass is 10.1. The van der Waals surface area contributed by atoms with Crippen LogP contribution in [0.4, 0.5) is 18.9 Å². The van der Waals surface area contributed by atoms with E-state index in [1.807, 2.05) is 13.0 Å². The van der Waals surface area contributed by atoms with Crippen molar-refractivity contribution in [1.82, 2.24) is 4.57 Å². The van der Waals surface area contributed by atoms with E-state index in [9.17, 15) is 18.0 Å². The Labute approximate surface area is 180 Å². The highest BCUT2D eigenvalue weighted by molar-refractivity contribution is 7.10. The predicted octanol–water partition coefficient (Wildman–Crippen LogP) is 5.05. The van der Waals surface area contributed by atoms with E-state index in [1.165, 1.54) is 10.6 Å². The van der Waals surface area contributed by atoms with Gasteiger partial charge in [-0.3, -0.25) is 14.4 Å². The first-order valence-electron chi connectivity index (χ1n) is 9.65. The fourth-order valence-electron chi connectivity index (χ4n) is 3.08. The molecule has 0 amide bonds. The molecule has 1 saturated carbocycles. The molecule has 1 aliphatic carbocycles. The molecular formula is C22H20F3N3O2S. The number of anilines is 1. The van der Waals surface area contributed by atoms with Crippen LogP contribution in [0.5, 0.6) is 5.75 Å². The summed E-state index contributed by atoms with van der Waals surface area (Å²) in [6.45, 7) is 1.86. The van der Waals surface area contributed by atoms with Crippen LogP contribution in [0.25, 0.3) is 5.69 Å². The first-order chi connectivity index (χ1) is 14.7. The summed E-state index contributed by atoms with van der Waals surface area (Å²) in [4.78, 5) is 17.7. The zero-order valence-corrected chi connectivity index (χ0v) is 17.5. The van der Waals surface area contributed by atoms with E-state index in [4.69, 9.17) is 10.5 Å². The topological polar surface area (TPSA) is 69.6 Å². The number of aliphatic imine (C=N–C) groups is 1. The third-order valence-electron chi connectivity index (χ3n) is 4.88. The third kappa shape index (κ3) is 4.99. The van der Waals surface area contributed by atoms with Gasteiger partial charge >= 0.3 is 6.18 Å². The van der Waals surface area contributed by atoms with Gasteiger partial charge in [-0.2, -0.15) is 13.2 Å². The molecule has 1 aromatic carbocycles. The molecule has 0 atom stereocenters. The lowest BCUT2D eigenvalue weighted by Gasteiger charge is -2.12. The second kappa shape index (κ2) is 8.22. The molecule has 3 aromatic rings. The normalized spacial score (nSPS) is 14.6. The maximum Gasteiger partial charge on any atom is 0.417 e. The summed E-state index contributed by atoms with van der Waals surface area (Å²) in [5.41, 5.74) is 7.92. The van der Waals surface area contributed by atoms with Crippen molar-refractivity contribution in [2.24, 2.45) is 4.99 Å². The summed E-state index contributed by atoms with van der Waals surface area (Å²) in [5, 5.41) is 1.05. The van der Waals surface area contributed by atoms with E-state index in [2.05, 4.69) is 4.99 Å². The molecule has 1 fully saturated rings. The van der Waals surface area contributed by atoms with Crippen LogP contribution in [-0.4, -0.2) is 16.3 Å². The second-order valence-corrected chi connectivity index (χ2v) is 8.37. The van der Waals surface area contributed by atoms with E-state index in [0.717, 1.165) is 46.9 Å². The van der Waals surface area contributed by atoms with E-state index in [-0.39, 0.29) is 17.9 Å². The van der Waals surface area contributed by atoms with Crippen LogP contribution in [0.2, 0.25) is 0 Å². The summed E-state index contributed by atoms with van der Waals surface area (Å²) in [7, 11) is 0. The number of ether oxygens (including phenoxy) is 1. The molecule has 0 aliphatic heterocycles. The van der Waals surface area contributed by atoms with Gasteiger partial charge in [0.1, 0.15) is 12.4 Å². The monoisotopic (exact) mass is 447 g/mol. The maximum absolute atomic E-state index is 12.7. The predicted molar refractivity (Wildman–Crippen MR) is 115 cm³/mol. The summed E-state index contributed by atoms with van der Waals surface area (Å²) in [6, 6.07) is 9.62. The van der Waals surface area contributed by atoms with Gasteiger partial charge in [-0.1, -0.05) is 0 Å². The molecule has 2 N–H and O–H groups in total. The molecule has 2 heterocycles. The quantitative estimate of drug-likeness (QED) is 0.425. The number of halogens is 3. The molecule has 31 heavy (non-hydrogen) atoms. The van der Waals surface area contributed by atoms with E-state index in [0.29, 0.717) is 22.3 Å². The molecule has 5 nitrogen and oxygen atoms in total. The van der Waals surface area contributed by atoms with Crippen LogP contribution in [-0.2, 0) is 12.8 Å². The summed E-state index contributed by atoms with van der Waals surface area (Å²) in [5.74, 6) is 0.283. The van der Waals surface area contributed by atoms with Crippen molar-refractivity contribution in [2.45, 2.75) is 38.6 Å². The number of nitrogens with two attached hydrogens (primary N) is 1. The van der Waals surface area contributed by atoms with Gasteiger partial charge in [-0.05, 0) is 50.1 Å². The first kappa shape index (κ1) is 21.2. The Balaban J connectivity index is 1.51. The highest BCUT2D eigenvalue weighted by atomic mass is 32.1.